The molecule has 4 rings (SSSR count). The Morgan fingerprint density at radius 2 is 1.75 bits per heavy atom. The third-order valence-corrected chi connectivity index (χ3v) is 7.23. The molecule has 0 spiro atoms. The van der Waals surface area contributed by atoms with Gasteiger partial charge in [-0.25, -0.2) is 0 Å². The molecule has 1 aliphatic heterocycles. The van der Waals surface area contributed by atoms with E-state index in [0.717, 1.165) is 42.0 Å². The summed E-state index contributed by atoms with van der Waals surface area (Å²) < 4.78 is 0. The van der Waals surface area contributed by atoms with Crippen molar-refractivity contribution in [1.29, 1.82) is 0 Å². The minimum atomic E-state index is -0.299. The van der Waals surface area contributed by atoms with Gasteiger partial charge in [0.25, 0.3) is 0 Å². The molecule has 2 nitrogen and oxygen atoms in total. The van der Waals surface area contributed by atoms with E-state index in [0.29, 0.717) is 6.42 Å². The SMILES string of the molecule is CC1=NC=CCC(CCC(=O)C=C2CCCCCC2)(c2ccc(Cl)cc2)c2ccccc21. The highest BCUT2D eigenvalue weighted by atomic mass is 35.5. The van der Waals surface area contributed by atoms with Crippen LogP contribution in [0, 0.1) is 0 Å². The lowest BCUT2D eigenvalue weighted by atomic mass is 9.66. The highest BCUT2D eigenvalue weighted by molar-refractivity contribution is 6.30. The average Bonchev–Trinajstić information content (AvgIpc) is 3.07. The van der Waals surface area contributed by atoms with Gasteiger partial charge in [-0.1, -0.05) is 72.5 Å². The summed E-state index contributed by atoms with van der Waals surface area (Å²) in [6.07, 6.45) is 15.2. The predicted molar refractivity (Wildman–Crippen MR) is 135 cm³/mol. The molecule has 0 saturated heterocycles. The summed E-state index contributed by atoms with van der Waals surface area (Å²) in [7, 11) is 0. The Morgan fingerprint density at radius 1 is 1.03 bits per heavy atom. The minimum Gasteiger partial charge on any atom is -0.295 e. The van der Waals surface area contributed by atoms with Crippen molar-refractivity contribution in [3.05, 3.63) is 94.2 Å². The second kappa shape index (κ2) is 10.4. The predicted octanol–water partition coefficient (Wildman–Crippen LogP) is 7.98. The summed E-state index contributed by atoms with van der Waals surface area (Å²) in [4.78, 5) is 17.7. The van der Waals surface area contributed by atoms with Crippen molar-refractivity contribution in [2.75, 3.05) is 0 Å². The number of carbonyl (C=O) groups excluding carboxylic acids is 1. The van der Waals surface area contributed by atoms with Gasteiger partial charge in [0.2, 0.25) is 0 Å². The van der Waals surface area contributed by atoms with Crippen molar-refractivity contribution in [1.82, 2.24) is 0 Å². The van der Waals surface area contributed by atoms with Crippen LogP contribution in [0.2, 0.25) is 5.02 Å². The number of allylic oxidation sites excluding steroid dienone is 3. The van der Waals surface area contributed by atoms with Crippen LogP contribution in [0.3, 0.4) is 0 Å². The maximum Gasteiger partial charge on any atom is 0.155 e. The van der Waals surface area contributed by atoms with Gasteiger partial charge in [-0.2, -0.15) is 0 Å². The highest BCUT2D eigenvalue weighted by Crippen LogP contribution is 2.43. The van der Waals surface area contributed by atoms with Crippen LogP contribution in [-0.4, -0.2) is 11.5 Å². The Labute approximate surface area is 197 Å². The number of hydrogen-bond acceptors (Lipinski definition) is 2. The van der Waals surface area contributed by atoms with Gasteiger partial charge in [-0.05, 0) is 80.3 Å². The first-order chi connectivity index (χ1) is 15.6. The van der Waals surface area contributed by atoms with Crippen molar-refractivity contribution < 1.29 is 4.79 Å². The largest absolute Gasteiger partial charge is 0.295 e. The summed E-state index contributed by atoms with van der Waals surface area (Å²) in [5.74, 6) is 0.254. The summed E-state index contributed by atoms with van der Waals surface area (Å²) >= 11 is 6.23. The lowest BCUT2D eigenvalue weighted by Crippen LogP contribution is -2.31. The maximum absolute atomic E-state index is 13.1. The number of carbonyl (C=O) groups is 1. The molecule has 32 heavy (non-hydrogen) atoms. The van der Waals surface area contributed by atoms with E-state index >= 15 is 0 Å². The number of rotatable bonds is 5. The van der Waals surface area contributed by atoms with Crippen molar-refractivity contribution in [3.8, 4) is 0 Å². The molecule has 0 aromatic heterocycles. The number of benzene rings is 2. The molecule has 1 saturated carbocycles. The van der Waals surface area contributed by atoms with Crippen molar-refractivity contribution in [2.24, 2.45) is 4.99 Å². The summed E-state index contributed by atoms with van der Waals surface area (Å²) in [5, 5.41) is 0.727. The third kappa shape index (κ3) is 5.13. The molecule has 2 aromatic rings. The van der Waals surface area contributed by atoms with Gasteiger partial charge in [0.05, 0.1) is 0 Å². The van der Waals surface area contributed by atoms with Crippen LogP contribution in [0.25, 0.3) is 0 Å². The van der Waals surface area contributed by atoms with E-state index in [2.05, 4.69) is 54.4 Å². The monoisotopic (exact) mass is 445 g/mol. The van der Waals surface area contributed by atoms with E-state index < -0.39 is 0 Å². The lowest BCUT2D eigenvalue weighted by Gasteiger charge is -2.36. The Kier molecular flexibility index (Phi) is 7.42. The smallest absolute Gasteiger partial charge is 0.155 e. The molecule has 2 aromatic carbocycles. The summed E-state index contributed by atoms with van der Waals surface area (Å²) in [6, 6.07) is 16.7. The molecule has 0 N–H and O–H groups in total. The molecular formula is C29H32ClNO. The van der Waals surface area contributed by atoms with E-state index in [9.17, 15) is 4.79 Å². The first kappa shape index (κ1) is 22.7. The lowest BCUT2D eigenvalue weighted by molar-refractivity contribution is -0.115. The molecule has 166 valence electrons. The van der Waals surface area contributed by atoms with E-state index in [1.165, 1.54) is 42.4 Å². The molecular weight excluding hydrogens is 414 g/mol. The molecule has 1 aliphatic carbocycles. The van der Waals surface area contributed by atoms with Gasteiger partial charge < -0.3 is 0 Å². The molecule has 1 atom stereocenters. The van der Waals surface area contributed by atoms with Gasteiger partial charge in [0.1, 0.15) is 0 Å². The second-order valence-electron chi connectivity index (χ2n) is 9.12. The quantitative estimate of drug-likeness (QED) is 0.338. The highest BCUT2D eigenvalue weighted by Gasteiger charge is 2.36. The number of hydrogen-bond donors (Lipinski definition) is 0. The van der Waals surface area contributed by atoms with Crippen LogP contribution >= 0.6 is 11.6 Å². The number of halogens is 1. The zero-order chi connectivity index (χ0) is 22.4. The van der Waals surface area contributed by atoms with Gasteiger partial charge in [0.15, 0.2) is 5.78 Å². The Balaban J connectivity index is 1.71. The van der Waals surface area contributed by atoms with Gasteiger partial charge in [-0.3, -0.25) is 9.79 Å². The molecule has 1 heterocycles. The molecule has 1 unspecified atom stereocenters. The van der Waals surface area contributed by atoms with Gasteiger partial charge in [-0.15, -0.1) is 0 Å². The topological polar surface area (TPSA) is 29.4 Å². The fourth-order valence-corrected chi connectivity index (χ4v) is 5.33. The van der Waals surface area contributed by atoms with Crippen molar-refractivity contribution in [3.63, 3.8) is 0 Å². The van der Waals surface area contributed by atoms with E-state index in [1.54, 1.807) is 0 Å². The fourth-order valence-electron chi connectivity index (χ4n) is 5.20. The molecule has 1 fully saturated rings. The molecule has 0 amide bonds. The number of ketones is 1. The van der Waals surface area contributed by atoms with Crippen LogP contribution in [0.1, 0.15) is 81.4 Å². The average molecular weight is 446 g/mol. The zero-order valence-corrected chi connectivity index (χ0v) is 19.7. The first-order valence-corrected chi connectivity index (χ1v) is 12.2. The third-order valence-electron chi connectivity index (χ3n) is 6.98. The summed E-state index contributed by atoms with van der Waals surface area (Å²) in [5.41, 5.74) is 5.63. The van der Waals surface area contributed by atoms with Crippen LogP contribution < -0.4 is 0 Å². The number of aliphatic imine (C=N–C) groups is 1. The standard InChI is InChI=1S/C29H32ClNO/c1-22-27-11-6-7-12-28(27)29(18-8-20-31-22,24-13-15-25(30)16-14-24)19-17-26(32)21-23-9-4-2-3-5-10-23/h6-8,11-16,20-21H,2-5,9-10,17-19H2,1H3. The van der Waals surface area contributed by atoms with Crippen molar-refractivity contribution in [2.45, 2.75) is 70.1 Å². The van der Waals surface area contributed by atoms with Crippen LogP contribution in [-0.2, 0) is 10.2 Å². The Hall–Kier alpha value is -2.45. The van der Waals surface area contributed by atoms with Crippen LogP contribution in [0.4, 0.5) is 0 Å². The number of fused-ring (bicyclic) bond motifs is 1. The van der Waals surface area contributed by atoms with E-state index in [1.807, 2.05) is 24.4 Å². The second-order valence-corrected chi connectivity index (χ2v) is 9.56. The molecule has 0 radical (unpaired) electrons. The van der Waals surface area contributed by atoms with Crippen LogP contribution in [0.15, 0.2) is 77.4 Å². The Bertz CT molecular complexity index is 1040. The molecule has 0 bridgehead atoms. The molecule has 2 aliphatic rings. The normalized spacial score (nSPS) is 21.1. The van der Waals surface area contributed by atoms with Crippen molar-refractivity contribution >= 4 is 23.1 Å². The van der Waals surface area contributed by atoms with Gasteiger partial charge in [0, 0.05) is 28.8 Å². The Morgan fingerprint density at radius 3 is 2.50 bits per heavy atom. The summed E-state index contributed by atoms with van der Waals surface area (Å²) in [6.45, 7) is 2.06. The van der Waals surface area contributed by atoms with E-state index in [-0.39, 0.29) is 11.2 Å². The first-order valence-electron chi connectivity index (χ1n) is 11.9. The van der Waals surface area contributed by atoms with Gasteiger partial charge >= 0.3 is 0 Å². The molecule has 3 heteroatoms. The van der Waals surface area contributed by atoms with Crippen LogP contribution in [0.5, 0.6) is 0 Å². The van der Waals surface area contributed by atoms with E-state index in [4.69, 9.17) is 11.6 Å². The maximum atomic E-state index is 13.1. The minimum absolute atomic E-state index is 0.254. The zero-order valence-electron chi connectivity index (χ0n) is 18.9. The fraction of sp³-hybridized carbons (Fsp3) is 0.379. The number of nitrogens with zero attached hydrogens (tertiary/aromatic N) is 1.